The van der Waals surface area contributed by atoms with Crippen LogP contribution in [0.15, 0.2) is 41.5 Å². The Kier molecular flexibility index (Phi) is 4.81. The van der Waals surface area contributed by atoms with Crippen LogP contribution in [0.4, 0.5) is 5.69 Å². The predicted octanol–water partition coefficient (Wildman–Crippen LogP) is 4.49. The summed E-state index contributed by atoms with van der Waals surface area (Å²) in [4.78, 5) is 2.99. The monoisotopic (exact) mass is 309 g/mol. The van der Waals surface area contributed by atoms with Crippen molar-refractivity contribution in [3.8, 4) is 5.75 Å². The molecule has 0 unspecified atom stereocenters. The van der Waals surface area contributed by atoms with E-state index in [4.69, 9.17) is 15.0 Å². The van der Waals surface area contributed by atoms with E-state index in [9.17, 15) is 0 Å². The van der Waals surface area contributed by atoms with Crippen LogP contribution in [-0.4, -0.2) is 13.9 Å². The molecule has 4 aliphatic carbocycles. The van der Waals surface area contributed by atoms with E-state index >= 15 is 0 Å². The van der Waals surface area contributed by atoms with Gasteiger partial charge in [0.2, 0.25) is 0 Å². The minimum Gasteiger partial charge on any atom is -0.467 e. The van der Waals surface area contributed by atoms with Crippen molar-refractivity contribution in [2.75, 3.05) is 13.9 Å². The van der Waals surface area contributed by atoms with Crippen LogP contribution in [0.3, 0.4) is 0 Å². The lowest BCUT2D eigenvalue weighted by Gasteiger charge is -2.18. The third-order valence-electron chi connectivity index (χ3n) is 4.15. The van der Waals surface area contributed by atoms with Gasteiger partial charge in [0.15, 0.2) is 6.79 Å². The molecular formula is C18H19N3O2. The van der Waals surface area contributed by atoms with Crippen molar-refractivity contribution in [1.29, 1.82) is 0 Å². The largest absolute Gasteiger partial charge is 0.467 e. The molecule has 118 valence electrons. The summed E-state index contributed by atoms with van der Waals surface area (Å²) in [5, 5.41) is 3.91. The van der Waals surface area contributed by atoms with Gasteiger partial charge < -0.3 is 9.47 Å². The molecule has 0 fully saturated rings. The van der Waals surface area contributed by atoms with Crippen LogP contribution in [0.5, 0.6) is 5.75 Å². The van der Waals surface area contributed by atoms with Gasteiger partial charge in [-0.2, -0.15) is 0 Å². The third-order valence-corrected chi connectivity index (χ3v) is 4.15. The van der Waals surface area contributed by atoms with Crippen molar-refractivity contribution in [1.82, 2.24) is 0 Å². The second-order valence-electron chi connectivity index (χ2n) is 5.62. The van der Waals surface area contributed by atoms with E-state index in [0.29, 0.717) is 11.4 Å². The summed E-state index contributed by atoms with van der Waals surface area (Å²) in [6.45, 7) is 0.137. The molecule has 2 aromatic carbocycles. The highest BCUT2D eigenvalue weighted by Gasteiger charge is 2.15. The molecule has 0 N–H and O–H groups in total. The Morgan fingerprint density at radius 3 is 2.17 bits per heavy atom. The highest BCUT2D eigenvalue weighted by atomic mass is 16.7. The Labute approximate surface area is 135 Å². The fraction of sp³-hybridized carbons (Fsp3) is 0.333. The molecular weight excluding hydrogens is 290 g/mol. The van der Waals surface area contributed by atoms with Crippen LogP contribution >= 0.6 is 0 Å². The number of rotatable bonds is 4. The van der Waals surface area contributed by atoms with Gasteiger partial charge in [0.25, 0.3) is 0 Å². The maximum atomic E-state index is 8.94. The number of nitrogens with zero attached hydrogens (tertiary/aromatic N) is 3. The van der Waals surface area contributed by atoms with E-state index in [-0.39, 0.29) is 6.79 Å². The van der Waals surface area contributed by atoms with Crippen molar-refractivity contribution in [2.24, 2.45) is 5.11 Å². The van der Waals surface area contributed by atoms with E-state index in [2.05, 4.69) is 40.4 Å². The van der Waals surface area contributed by atoms with Crippen molar-refractivity contribution in [3.63, 3.8) is 0 Å². The molecule has 5 heteroatoms. The minimum absolute atomic E-state index is 0.137. The van der Waals surface area contributed by atoms with Gasteiger partial charge in [-0.05, 0) is 53.5 Å². The van der Waals surface area contributed by atoms with E-state index in [1.807, 2.05) is 6.07 Å². The quantitative estimate of drug-likeness (QED) is 0.361. The molecule has 0 saturated carbocycles. The Hall–Kier alpha value is -2.49. The average molecular weight is 309 g/mol. The van der Waals surface area contributed by atoms with Crippen molar-refractivity contribution < 1.29 is 9.47 Å². The number of azide groups is 1. The summed E-state index contributed by atoms with van der Waals surface area (Å²) in [6.07, 6.45) is 3.44. The second-order valence-corrected chi connectivity index (χ2v) is 5.62. The number of benzene rings is 2. The summed E-state index contributed by atoms with van der Waals surface area (Å²) in [5.74, 6) is 0.650. The van der Waals surface area contributed by atoms with Gasteiger partial charge in [0.1, 0.15) is 5.75 Å². The lowest BCUT2D eigenvalue weighted by atomic mass is 9.95. The first-order valence-corrected chi connectivity index (χ1v) is 7.71. The maximum absolute atomic E-state index is 8.94. The van der Waals surface area contributed by atoms with Crippen LogP contribution in [0.1, 0.15) is 22.3 Å². The van der Waals surface area contributed by atoms with Crippen LogP contribution in [0.25, 0.3) is 10.4 Å². The molecule has 0 heterocycles. The molecule has 0 amide bonds. The Morgan fingerprint density at radius 1 is 0.957 bits per heavy atom. The molecule has 0 spiro atoms. The fourth-order valence-corrected chi connectivity index (χ4v) is 2.92. The SMILES string of the molecule is COCOc1c2ccc(c1N=[N+]=[N-])CCc1ccc(cc1)CC2. The van der Waals surface area contributed by atoms with Gasteiger partial charge in [0, 0.05) is 12.0 Å². The van der Waals surface area contributed by atoms with E-state index < -0.39 is 0 Å². The minimum atomic E-state index is 0.137. The number of hydrogen-bond acceptors (Lipinski definition) is 3. The zero-order valence-electron chi connectivity index (χ0n) is 13.2. The van der Waals surface area contributed by atoms with Gasteiger partial charge in [0.05, 0.1) is 5.69 Å². The standard InChI is InChI=1S/C18H19N3O2/c1-22-12-23-18-16-9-7-14-4-2-13(3-5-14)6-8-15(10-11-16)17(18)20-21-19/h2-5,10-11H,6-9,12H2,1H3. The molecule has 4 aliphatic rings. The molecule has 0 radical (unpaired) electrons. The topological polar surface area (TPSA) is 67.2 Å². The highest BCUT2D eigenvalue weighted by molar-refractivity contribution is 5.62. The summed E-state index contributed by atoms with van der Waals surface area (Å²) in [6, 6.07) is 12.9. The molecule has 4 bridgehead atoms. The smallest absolute Gasteiger partial charge is 0.188 e. The molecule has 2 aromatic rings. The first-order valence-electron chi connectivity index (χ1n) is 7.71. The number of hydrogen-bond donors (Lipinski definition) is 0. The van der Waals surface area contributed by atoms with Gasteiger partial charge in [-0.25, -0.2) is 0 Å². The number of aryl methyl sites for hydroxylation is 4. The highest BCUT2D eigenvalue weighted by Crippen LogP contribution is 2.37. The molecule has 0 aliphatic heterocycles. The first kappa shape index (κ1) is 15.4. The fourth-order valence-electron chi connectivity index (χ4n) is 2.92. The van der Waals surface area contributed by atoms with E-state index in [1.54, 1.807) is 7.11 Å². The lowest BCUT2D eigenvalue weighted by Crippen LogP contribution is -2.05. The predicted molar refractivity (Wildman–Crippen MR) is 89.0 cm³/mol. The normalized spacial score (nSPS) is 13.1. The van der Waals surface area contributed by atoms with E-state index in [1.165, 1.54) is 11.1 Å². The maximum Gasteiger partial charge on any atom is 0.188 e. The average Bonchev–Trinajstić information content (AvgIpc) is 2.57. The van der Waals surface area contributed by atoms with Crippen molar-refractivity contribution >= 4 is 5.69 Å². The summed E-state index contributed by atoms with van der Waals surface area (Å²) < 4.78 is 10.8. The summed E-state index contributed by atoms with van der Waals surface area (Å²) in [7, 11) is 1.58. The molecule has 5 nitrogen and oxygen atoms in total. The zero-order chi connectivity index (χ0) is 16.1. The van der Waals surface area contributed by atoms with Crippen LogP contribution < -0.4 is 4.74 Å². The van der Waals surface area contributed by atoms with Crippen LogP contribution in [0, 0.1) is 0 Å². The Bertz CT molecular complexity index is 735. The van der Waals surface area contributed by atoms with Crippen LogP contribution in [-0.2, 0) is 30.4 Å². The zero-order valence-corrected chi connectivity index (χ0v) is 13.2. The first-order chi connectivity index (χ1) is 11.3. The molecule has 0 atom stereocenters. The van der Waals surface area contributed by atoms with Crippen molar-refractivity contribution in [2.45, 2.75) is 25.7 Å². The Morgan fingerprint density at radius 2 is 1.57 bits per heavy atom. The lowest BCUT2D eigenvalue weighted by molar-refractivity contribution is 0.0508. The molecule has 6 rings (SSSR count). The third kappa shape index (κ3) is 3.47. The molecule has 0 saturated heterocycles. The molecule has 23 heavy (non-hydrogen) atoms. The summed E-state index contributed by atoms with van der Waals surface area (Å²) in [5.41, 5.74) is 14.2. The molecule has 0 aromatic heterocycles. The second kappa shape index (κ2) is 7.18. The number of methoxy groups -OCH3 is 1. The number of ether oxygens (including phenoxy) is 2. The van der Waals surface area contributed by atoms with E-state index in [0.717, 1.165) is 36.8 Å². The van der Waals surface area contributed by atoms with Crippen molar-refractivity contribution in [3.05, 3.63) is 69.1 Å². The van der Waals surface area contributed by atoms with Gasteiger partial charge in [-0.3, -0.25) is 0 Å². The van der Waals surface area contributed by atoms with Gasteiger partial charge >= 0.3 is 0 Å². The van der Waals surface area contributed by atoms with Gasteiger partial charge in [-0.15, -0.1) is 0 Å². The van der Waals surface area contributed by atoms with Crippen LogP contribution in [0.2, 0.25) is 0 Å². The Balaban J connectivity index is 2.07. The van der Waals surface area contributed by atoms with Gasteiger partial charge in [-0.1, -0.05) is 41.5 Å². The summed E-state index contributed by atoms with van der Waals surface area (Å²) >= 11 is 0.